The van der Waals surface area contributed by atoms with Crippen LogP contribution in [0.1, 0.15) is 24.0 Å². The van der Waals surface area contributed by atoms with Gasteiger partial charge in [0.15, 0.2) is 0 Å². The molecule has 1 nitrogen and oxygen atoms in total. The summed E-state index contributed by atoms with van der Waals surface area (Å²) in [6.07, 6.45) is 3.54. The SMILES string of the molecule is FCc1ccccc1CC1CCCNC1. The summed E-state index contributed by atoms with van der Waals surface area (Å²) < 4.78 is 12.7. The highest BCUT2D eigenvalue weighted by Crippen LogP contribution is 2.19. The van der Waals surface area contributed by atoms with E-state index in [1.807, 2.05) is 18.2 Å². The molecular weight excluding hydrogens is 189 g/mol. The topological polar surface area (TPSA) is 12.0 Å². The molecule has 1 N–H and O–H groups in total. The first-order valence-electron chi connectivity index (χ1n) is 5.73. The Hall–Kier alpha value is -0.890. The first-order chi connectivity index (χ1) is 7.40. The van der Waals surface area contributed by atoms with E-state index in [0.717, 1.165) is 25.1 Å². The van der Waals surface area contributed by atoms with Gasteiger partial charge in [0.1, 0.15) is 6.67 Å². The number of hydrogen-bond donors (Lipinski definition) is 1. The molecule has 0 amide bonds. The van der Waals surface area contributed by atoms with E-state index >= 15 is 0 Å². The Morgan fingerprint density at radius 1 is 1.27 bits per heavy atom. The number of hydrogen-bond acceptors (Lipinski definition) is 1. The Labute approximate surface area is 90.7 Å². The third-order valence-electron chi connectivity index (χ3n) is 3.17. The average Bonchev–Trinajstić information content (AvgIpc) is 2.31. The Bertz CT molecular complexity index is 305. The summed E-state index contributed by atoms with van der Waals surface area (Å²) in [7, 11) is 0. The first-order valence-corrected chi connectivity index (χ1v) is 5.73. The van der Waals surface area contributed by atoms with E-state index in [1.165, 1.54) is 18.4 Å². The zero-order chi connectivity index (χ0) is 10.5. The van der Waals surface area contributed by atoms with Crippen LogP contribution in [-0.2, 0) is 13.1 Å². The fraction of sp³-hybridized carbons (Fsp3) is 0.538. The number of benzene rings is 1. The zero-order valence-electron chi connectivity index (χ0n) is 9.01. The number of halogens is 1. The predicted octanol–water partition coefficient (Wildman–Crippen LogP) is 2.70. The van der Waals surface area contributed by atoms with Crippen LogP contribution < -0.4 is 5.32 Å². The summed E-state index contributed by atoms with van der Waals surface area (Å²) in [5, 5.41) is 3.40. The number of piperidine rings is 1. The second-order valence-electron chi connectivity index (χ2n) is 4.32. The molecule has 0 aromatic heterocycles. The summed E-state index contributed by atoms with van der Waals surface area (Å²) in [5.41, 5.74) is 2.05. The molecule has 1 unspecified atom stereocenters. The fourth-order valence-electron chi connectivity index (χ4n) is 2.30. The molecule has 1 fully saturated rings. The van der Waals surface area contributed by atoms with Gasteiger partial charge >= 0.3 is 0 Å². The third kappa shape index (κ3) is 2.78. The van der Waals surface area contributed by atoms with Gasteiger partial charge in [-0.15, -0.1) is 0 Å². The zero-order valence-corrected chi connectivity index (χ0v) is 9.01. The van der Waals surface area contributed by atoms with Crippen molar-refractivity contribution in [2.75, 3.05) is 13.1 Å². The molecule has 0 saturated carbocycles. The van der Waals surface area contributed by atoms with Crippen molar-refractivity contribution in [1.29, 1.82) is 0 Å². The van der Waals surface area contributed by atoms with Gasteiger partial charge in [0.05, 0.1) is 0 Å². The maximum Gasteiger partial charge on any atom is 0.115 e. The van der Waals surface area contributed by atoms with Gasteiger partial charge in [-0.25, -0.2) is 4.39 Å². The van der Waals surface area contributed by atoms with Gasteiger partial charge in [-0.05, 0) is 49.4 Å². The van der Waals surface area contributed by atoms with E-state index in [2.05, 4.69) is 11.4 Å². The Morgan fingerprint density at radius 3 is 2.73 bits per heavy atom. The van der Waals surface area contributed by atoms with Crippen LogP contribution in [0.3, 0.4) is 0 Å². The minimum Gasteiger partial charge on any atom is -0.316 e. The van der Waals surface area contributed by atoms with E-state index in [0.29, 0.717) is 5.92 Å². The Balaban J connectivity index is 2.02. The maximum atomic E-state index is 12.7. The summed E-state index contributed by atoms with van der Waals surface area (Å²) in [6, 6.07) is 7.87. The largest absolute Gasteiger partial charge is 0.316 e. The van der Waals surface area contributed by atoms with Gasteiger partial charge in [0.25, 0.3) is 0 Å². The number of rotatable bonds is 3. The van der Waals surface area contributed by atoms with Gasteiger partial charge in [-0.2, -0.15) is 0 Å². The number of alkyl halides is 1. The van der Waals surface area contributed by atoms with Gasteiger partial charge in [0, 0.05) is 0 Å². The smallest absolute Gasteiger partial charge is 0.115 e. The van der Waals surface area contributed by atoms with Gasteiger partial charge < -0.3 is 5.32 Å². The summed E-state index contributed by atoms with van der Waals surface area (Å²) in [6.45, 7) is 1.89. The van der Waals surface area contributed by atoms with Crippen LogP contribution >= 0.6 is 0 Å². The Morgan fingerprint density at radius 2 is 2.07 bits per heavy atom. The fourth-order valence-corrected chi connectivity index (χ4v) is 2.30. The second kappa shape index (κ2) is 5.26. The van der Waals surface area contributed by atoms with Crippen LogP contribution in [0.25, 0.3) is 0 Å². The molecule has 1 aromatic rings. The lowest BCUT2D eigenvalue weighted by Crippen LogP contribution is -2.31. The molecule has 1 aromatic carbocycles. The van der Waals surface area contributed by atoms with Crippen molar-refractivity contribution < 1.29 is 4.39 Å². The monoisotopic (exact) mass is 207 g/mol. The molecular formula is C13H18FN. The molecule has 0 bridgehead atoms. The van der Waals surface area contributed by atoms with Crippen LogP contribution in [-0.4, -0.2) is 13.1 Å². The van der Waals surface area contributed by atoms with Crippen LogP contribution in [0.5, 0.6) is 0 Å². The summed E-state index contributed by atoms with van der Waals surface area (Å²) >= 11 is 0. The van der Waals surface area contributed by atoms with Crippen molar-refractivity contribution >= 4 is 0 Å². The van der Waals surface area contributed by atoms with Crippen LogP contribution in [0, 0.1) is 5.92 Å². The molecule has 1 heterocycles. The lowest BCUT2D eigenvalue weighted by Gasteiger charge is -2.23. The minimum atomic E-state index is -0.337. The lowest BCUT2D eigenvalue weighted by atomic mass is 9.90. The minimum absolute atomic E-state index is 0.337. The van der Waals surface area contributed by atoms with Gasteiger partial charge in [-0.3, -0.25) is 0 Å². The van der Waals surface area contributed by atoms with E-state index in [-0.39, 0.29) is 6.67 Å². The van der Waals surface area contributed by atoms with Crippen molar-refractivity contribution in [2.45, 2.75) is 25.9 Å². The summed E-state index contributed by atoms with van der Waals surface area (Å²) in [4.78, 5) is 0. The van der Waals surface area contributed by atoms with E-state index in [9.17, 15) is 4.39 Å². The highest BCUT2D eigenvalue weighted by atomic mass is 19.1. The summed E-state index contributed by atoms with van der Waals surface area (Å²) in [5.74, 6) is 0.687. The molecule has 82 valence electrons. The molecule has 1 atom stereocenters. The number of nitrogens with one attached hydrogen (secondary N) is 1. The van der Waals surface area contributed by atoms with Gasteiger partial charge in [0.2, 0.25) is 0 Å². The molecule has 0 radical (unpaired) electrons. The van der Waals surface area contributed by atoms with Crippen LogP contribution in [0.4, 0.5) is 4.39 Å². The molecule has 1 aliphatic rings. The maximum absolute atomic E-state index is 12.7. The van der Waals surface area contributed by atoms with Crippen molar-refractivity contribution in [3.05, 3.63) is 35.4 Å². The third-order valence-corrected chi connectivity index (χ3v) is 3.17. The van der Waals surface area contributed by atoms with Crippen molar-refractivity contribution in [3.63, 3.8) is 0 Å². The highest BCUT2D eigenvalue weighted by Gasteiger charge is 2.14. The molecule has 1 aliphatic heterocycles. The second-order valence-corrected chi connectivity index (χ2v) is 4.32. The van der Waals surface area contributed by atoms with Crippen LogP contribution in [0.15, 0.2) is 24.3 Å². The van der Waals surface area contributed by atoms with Crippen LogP contribution in [0.2, 0.25) is 0 Å². The quantitative estimate of drug-likeness (QED) is 0.803. The predicted molar refractivity (Wildman–Crippen MR) is 60.6 cm³/mol. The first kappa shape index (κ1) is 10.6. The van der Waals surface area contributed by atoms with Gasteiger partial charge in [-0.1, -0.05) is 24.3 Å². The van der Waals surface area contributed by atoms with E-state index < -0.39 is 0 Å². The molecule has 2 heteroatoms. The standard InChI is InChI=1S/C13H18FN/c14-9-13-6-2-1-5-12(13)8-11-4-3-7-15-10-11/h1-2,5-6,11,15H,3-4,7-10H2. The Kier molecular flexibility index (Phi) is 3.73. The molecule has 15 heavy (non-hydrogen) atoms. The van der Waals surface area contributed by atoms with Crippen molar-refractivity contribution in [1.82, 2.24) is 5.32 Å². The molecule has 0 aliphatic carbocycles. The average molecular weight is 207 g/mol. The van der Waals surface area contributed by atoms with E-state index in [1.54, 1.807) is 0 Å². The molecule has 2 rings (SSSR count). The highest BCUT2D eigenvalue weighted by molar-refractivity contribution is 5.27. The van der Waals surface area contributed by atoms with Crippen molar-refractivity contribution in [2.24, 2.45) is 5.92 Å². The van der Waals surface area contributed by atoms with E-state index in [4.69, 9.17) is 0 Å². The molecule has 0 spiro atoms. The molecule has 1 saturated heterocycles. The lowest BCUT2D eigenvalue weighted by molar-refractivity contribution is 0.373. The van der Waals surface area contributed by atoms with Crippen molar-refractivity contribution in [3.8, 4) is 0 Å². The normalized spacial score (nSPS) is 21.5.